The molecule has 0 spiro atoms. The molecule has 0 unspecified atom stereocenters. The molecule has 0 amide bonds. The largest absolute Gasteiger partial charge is 0.368 e. The van der Waals surface area contributed by atoms with Crippen LogP contribution in [0, 0.1) is 11.3 Å². The van der Waals surface area contributed by atoms with E-state index in [1.165, 1.54) is 6.20 Å². The van der Waals surface area contributed by atoms with Gasteiger partial charge in [-0.3, -0.25) is 4.57 Å². The maximum absolute atomic E-state index is 8.85. The first-order chi connectivity index (χ1) is 15.5. The van der Waals surface area contributed by atoms with Crippen molar-refractivity contribution >= 4 is 35.0 Å². The van der Waals surface area contributed by atoms with Gasteiger partial charge in [-0.1, -0.05) is 23.2 Å². The van der Waals surface area contributed by atoms with Gasteiger partial charge in [0.2, 0.25) is 5.95 Å². The van der Waals surface area contributed by atoms with Crippen LogP contribution in [0.3, 0.4) is 0 Å². The first-order valence-electron chi connectivity index (χ1n) is 9.67. The number of aromatic nitrogens is 5. The van der Waals surface area contributed by atoms with Crippen molar-refractivity contribution in [1.82, 2.24) is 24.5 Å². The van der Waals surface area contributed by atoms with Gasteiger partial charge < -0.3 is 10.2 Å². The lowest BCUT2D eigenvalue weighted by molar-refractivity contribution is 0.863. The summed E-state index contributed by atoms with van der Waals surface area (Å²) in [6.45, 7) is 1.27. The lowest BCUT2D eigenvalue weighted by Gasteiger charge is -2.18. The topological polar surface area (TPSA) is 95.5 Å². The third-order valence-electron chi connectivity index (χ3n) is 4.70. The summed E-state index contributed by atoms with van der Waals surface area (Å²) in [5, 5.41) is 13.2. The molecule has 1 aromatic carbocycles. The standard InChI is InChI=1S/C22H18Cl2N8/c1-31(9-8-27-21-5-2-15(11-25)12-29-21)22-28-7-6-18(30-22)20-13-26-14-32(20)19-4-3-16(23)10-17(19)24/h2-7,10,12-14H,8-9H2,1H3,(H,27,29). The zero-order valence-corrected chi connectivity index (χ0v) is 18.6. The number of imidazole rings is 1. The van der Waals surface area contributed by atoms with E-state index in [2.05, 4.69) is 26.3 Å². The van der Waals surface area contributed by atoms with Crippen LogP contribution in [0.5, 0.6) is 0 Å². The second-order valence-corrected chi connectivity index (χ2v) is 7.72. The molecule has 32 heavy (non-hydrogen) atoms. The molecule has 4 rings (SSSR count). The highest BCUT2D eigenvalue weighted by atomic mass is 35.5. The molecule has 0 bridgehead atoms. The number of hydrogen-bond acceptors (Lipinski definition) is 7. The summed E-state index contributed by atoms with van der Waals surface area (Å²) in [5.74, 6) is 1.28. The quantitative estimate of drug-likeness (QED) is 0.431. The van der Waals surface area contributed by atoms with E-state index < -0.39 is 0 Å². The fraction of sp³-hybridized carbons (Fsp3) is 0.136. The Balaban J connectivity index is 1.48. The summed E-state index contributed by atoms with van der Waals surface area (Å²) < 4.78 is 1.86. The predicted molar refractivity (Wildman–Crippen MR) is 125 cm³/mol. The van der Waals surface area contributed by atoms with E-state index >= 15 is 0 Å². The molecule has 0 aliphatic heterocycles. The van der Waals surface area contributed by atoms with Crippen molar-refractivity contribution in [1.29, 1.82) is 5.26 Å². The zero-order valence-electron chi connectivity index (χ0n) is 17.1. The molecule has 8 nitrogen and oxygen atoms in total. The Morgan fingerprint density at radius 1 is 1.12 bits per heavy atom. The van der Waals surface area contributed by atoms with E-state index in [0.717, 1.165) is 11.4 Å². The Hall–Kier alpha value is -3.67. The van der Waals surface area contributed by atoms with E-state index in [4.69, 9.17) is 33.4 Å². The fourth-order valence-corrected chi connectivity index (χ4v) is 3.54. The van der Waals surface area contributed by atoms with Gasteiger partial charge in [-0.25, -0.2) is 19.9 Å². The lowest BCUT2D eigenvalue weighted by Crippen LogP contribution is -2.26. The van der Waals surface area contributed by atoms with Crippen LogP contribution in [0.15, 0.2) is 61.3 Å². The van der Waals surface area contributed by atoms with Gasteiger partial charge in [0.05, 0.1) is 40.2 Å². The first kappa shape index (κ1) is 21.6. The van der Waals surface area contributed by atoms with Gasteiger partial charge in [-0.2, -0.15) is 5.26 Å². The SMILES string of the molecule is CN(CCNc1ccc(C#N)cn1)c1nccc(-c2cncn2-c2ccc(Cl)cc2Cl)n1. The first-order valence-corrected chi connectivity index (χ1v) is 10.4. The number of halogens is 2. The Morgan fingerprint density at radius 2 is 2.00 bits per heavy atom. The molecule has 4 aromatic rings. The highest BCUT2D eigenvalue weighted by Crippen LogP contribution is 2.28. The molecule has 10 heteroatoms. The number of pyridine rings is 1. The molecule has 160 valence electrons. The van der Waals surface area contributed by atoms with Gasteiger partial charge >= 0.3 is 0 Å². The van der Waals surface area contributed by atoms with E-state index in [1.54, 1.807) is 43.0 Å². The van der Waals surface area contributed by atoms with Crippen molar-refractivity contribution < 1.29 is 0 Å². The molecular formula is C22H18Cl2N8. The van der Waals surface area contributed by atoms with Gasteiger partial charge in [0.1, 0.15) is 11.9 Å². The Kier molecular flexibility index (Phi) is 6.50. The molecule has 3 heterocycles. The molecule has 0 fully saturated rings. The molecule has 3 aromatic heterocycles. The van der Waals surface area contributed by atoms with Crippen molar-refractivity contribution in [3.05, 3.63) is 76.9 Å². The van der Waals surface area contributed by atoms with Crippen LogP contribution >= 0.6 is 23.2 Å². The number of hydrogen-bond donors (Lipinski definition) is 1. The number of nitrogens with one attached hydrogen (secondary N) is 1. The Morgan fingerprint density at radius 3 is 2.75 bits per heavy atom. The van der Waals surface area contributed by atoms with E-state index in [0.29, 0.717) is 46.2 Å². The number of nitriles is 1. The number of likely N-dealkylation sites (N-methyl/N-ethyl adjacent to an activating group) is 1. The molecule has 0 atom stereocenters. The summed E-state index contributed by atoms with van der Waals surface area (Å²) in [6, 6.07) is 12.7. The Bertz CT molecular complexity index is 1260. The molecule has 0 radical (unpaired) electrons. The smallest absolute Gasteiger partial charge is 0.225 e. The maximum atomic E-state index is 8.85. The molecule has 1 N–H and O–H groups in total. The van der Waals surface area contributed by atoms with E-state index in [-0.39, 0.29) is 0 Å². The normalized spacial score (nSPS) is 10.6. The van der Waals surface area contributed by atoms with E-state index in [9.17, 15) is 0 Å². The second-order valence-electron chi connectivity index (χ2n) is 6.88. The van der Waals surface area contributed by atoms with E-state index in [1.807, 2.05) is 28.6 Å². The summed E-state index contributed by atoms with van der Waals surface area (Å²) in [6.07, 6.45) is 6.67. The van der Waals surface area contributed by atoms with Crippen LogP contribution in [0.25, 0.3) is 17.1 Å². The van der Waals surface area contributed by atoms with Gasteiger partial charge in [0.15, 0.2) is 0 Å². The molecule has 0 saturated heterocycles. The van der Waals surface area contributed by atoms with Crippen molar-refractivity contribution in [2.45, 2.75) is 0 Å². The van der Waals surface area contributed by atoms with Gasteiger partial charge in [0, 0.05) is 37.6 Å². The maximum Gasteiger partial charge on any atom is 0.225 e. The summed E-state index contributed by atoms with van der Waals surface area (Å²) in [7, 11) is 1.92. The van der Waals surface area contributed by atoms with Crippen LogP contribution in [-0.2, 0) is 0 Å². The number of anilines is 2. The average Bonchev–Trinajstić information content (AvgIpc) is 3.29. The second kappa shape index (κ2) is 9.64. The minimum absolute atomic E-state index is 0.519. The minimum Gasteiger partial charge on any atom is -0.368 e. The zero-order chi connectivity index (χ0) is 22.5. The molecule has 0 saturated carbocycles. The van der Waals surface area contributed by atoms with Gasteiger partial charge in [-0.05, 0) is 36.4 Å². The van der Waals surface area contributed by atoms with Crippen LogP contribution < -0.4 is 10.2 Å². The third kappa shape index (κ3) is 4.80. The predicted octanol–water partition coefficient (Wildman–Crippen LogP) is 4.45. The van der Waals surface area contributed by atoms with Gasteiger partial charge in [-0.15, -0.1) is 0 Å². The Labute approximate surface area is 195 Å². The third-order valence-corrected chi connectivity index (χ3v) is 5.24. The summed E-state index contributed by atoms with van der Waals surface area (Å²) in [4.78, 5) is 19.5. The fourth-order valence-electron chi connectivity index (χ4n) is 3.04. The van der Waals surface area contributed by atoms with Crippen LogP contribution in [0.1, 0.15) is 5.56 Å². The number of rotatable bonds is 7. The van der Waals surface area contributed by atoms with Crippen molar-refractivity contribution in [2.75, 3.05) is 30.4 Å². The van der Waals surface area contributed by atoms with Crippen molar-refractivity contribution in [3.8, 4) is 23.1 Å². The highest BCUT2D eigenvalue weighted by Gasteiger charge is 2.13. The van der Waals surface area contributed by atoms with Crippen molar-refractivity contribution in [3.63, 3.8) is 0 Å². The summed E-state index contributed by atoms with van der Waals surface area (Å²) in [5.41, 5.74) is 2.78. The molecular weight excluding hydrogens is 447 g/mol. The number of nitrogens with zero attached hydrogens (tertiary/aromatic N) is 7. The lowest BCUT2D eigenvalue weighted by atomic mass is 10.2. The average molecular weight is 465 g/mol. The highest BCUT2D eigenvalue weighted by molar-refractivity contribution is 6.35. The van der Waals surface area contributed by atoms with Crippen LogP contribution in [0.4, 0.5) is 11.8 Å². The van der Waals surface area contributed by atoms with Gasteiger partial charge in [0.25, 0.3) is 0 Å². The monoisotopic (exact) mass is 464 g/mol. The molecule has 0 aliphatic carbocycles. The van der Waals surface area contributed by atoms with Crippen molar-refractivity contribution in [2.24, 2.45) is 0 Å². The van der Waals surface area contributed by atoms with Crippen LogP contribution in [0.2, 0.25) is 10.0 Å². The summed E-state index contributed by atoms with van der Waals surface area (Å²) >= 11 is 12.4. The van der Waals surface area contributed by atoms with Crippen LogP contribution in [-0.4, -0.2) is 44.6 Å². The number of benzene rings is 1. The minimum atomic E-state index is 0.519. The molecule has 0 aliphatic rings.